The first-order valence-electron chi connectivity index (χ1n) is 6.22. The molecule has 0 aliphatic rings. The number of allylic oxidation sites excluding steroid dienone is 1. The van der Waals surface area contributed by atoms with Gasteiger partial charge < -0.3 is 10.1 Å². The lowest BCUT2D eigenvalue weighted by Crippen LogP contribution is -2.41. The van der Waals surface area contributed by atoms with E-state index in [9.17, 15) is 14.0 Å². The summed E-state index contributed by atoms with van der Waals surface area (Å²) in [5.74, 6) is -1.83. The van der Waals surface area contributed by atoms with E-state index in [1.165, 1.54) is 25.3 Å². The van der Waals surface area contributed by atoms with Gasteiger partial charge in [-0.2, -0.15) is 0 Å². The van der Waals surface area contributed by atoms with Crippen LogP contribution in [0.25, 0.3) is 0 Å². The summed E-state index contributed by atoms with van der Waals surface area (Å²) >= 11 is 0. The van der Waals surface area contributed by atoms with Crippen molar-refractivity contribution in [3.8, 4) is 0 Å². The average molecular weight is 279 g/mol. The Balaban J connectivity index is 2.84. The van der Waals surface area contributed by atoms with Gasteiger partial charge in [-0.3, -0.25) is 4.79 Å². The van der Waals surface area contributed by atoms with Crippen LogP contribution in [0.3, 0.4) is 0 Å². The van der Waals surface area contributed by atoms with Gasteiger partial charge in [0.15, 0.2) is 0 Å². The van der Waals surface area contributed by atoms with Gasteiger partial charge in [0.05, 0.1) is 12.7 Å². The third-order valence-electron chi connectivity index (χ3n) is 2.67. The van der Waals surface area contributed by atoms with Crippen molar-refractivity contribution < 1.29 is 18.7 Å². The molecule has 0 radical (unpaired) electrons. The van der Waals surface area contributed by atoms with Gasteiger partial charge in [-0.1, -0.05) is 23.8 Å². The van der Waals surface area contributed by atoms with E-state index in [4.69, 9.17) is 0 Å². The monoisotopic (exact) mass is 279 g/mol. The summed E-state index contributed by atoms with van der Waals surface area (Å²) < 4.78 is 18.1. The molecule has 0 saturated heterocycles. The summed E-state index contributed by atoms with van der Waals surface area (Å²) in [7, 11) is 1.24. The van der Waals surface area contributed by atoms with Crippen LogP contribution >= 0.6 is 0 Å². The Bertz CT molecular complexity index is 522. The molecular formula is C15H18FNO3. The molecule has 5 heteroatoms. The minimum Gasteiger partial charge on any atom is -0.467 e. The Morgan fingerprint density at radius 3 is 2.55 bits per heavy atom. The van der Waals surface area contributed by atoms with Gasteiger partial charge in [-0.15, -0.1) is 0 Å². The largest absolute Gasteiger partial charge is 0.467 e. The normalized spacial score (nSPS) is 11.4. The molecule has 0 bridgehead atoms. The van der Waals surface area contributed by atoms with Gasteiger partial charge in [0.25, 0.3) is 5.91 Å². The smallest absolute Gasteiger partial charge is 0.328 e. The quantitative estimate of drug-likeness (QED) is 0.665. The van der Waals surface area contributed by atoms with E-state index in [0.717, 1.165) is 5.57 Å². The maximum atomic E-state index is 13.5. The zero-order valence-corrected chi connectivity index (χ0v) is 11.8. The molecule has 108 valence electrons. The number of hydrogen-bond donors (Lipinski definition) is 1. The third kappa shape index (κ3) is 4.50. The minimum absolute atomic E-state index is 0.0985. The SMILES string of the molecule is COC(=O)[C@@H](CC=C(C)C)NC(=O)c1ccccc1F. The highest BCUT2D eigenvalue weighted by Crippen LogP contribution is 2.08. The Morgan fingerprint density at radius 2 is 2.00 bits per heavy atom. The highest BCUT2D eigenvalue weighted by Gasteiger charge is 2.22. The number of nitrogens with one attached hydrogen (secondary N) is 1. The first-order valence-corrected chi connectivity index (χ1v) is 6.22. The lowest BCUT2D eigenvalue weighted by Gasteiger charge is -2.15. The summed E-state index contributed by atoms with van der Waals surface area (Å²) in [6, 6.07) is 4.77. The Hall–Kier alpha value is -2.17. The predicted molar refractivity (Wildman–Crippen MR) is 73.7 cm³/mol. The molecule has 0 aromatic heterocycles. The van der Waals surface area contributed by atoms with Gasteiger partial charge in [0, 0.05) is 0 Å². The molecule has 0 heterocycles. The van der Waals surface area contributed by atoms with Crippen molar-refractivity contribution in [2.75, 3.05) is 7.11 Å². The van der Waals surface area contributed by atoms with E-state index < -0.39 is 23.7 Å². The van der Waals surface area contributed by atoms with Crippen LogP contribution in [0.4, 0.5) is 4.39 Å². The number of carbonyl (C=O) groups excluding carboxylic acids is 2. The Morgan fingerprint density at radius 1 is 1.35 bits per heavy atom. The van der Waals surface area contributed by atoms with E-state index in [1.54, 1.807) is 6.07 Å². The summed E-state index contributed by atoms with van der Waals surface area (Å²) in [5, 5.41) is 2.48. The molecule has 0 aliphatic heterocycles. The van der Waals surface area contributed by atoms with Crippen LogP contribution in [-0.2, 0) is 9.53 Å². The standard InChI is InChI=1S/C15H18FNO3/c1-10(2)8-9-13(15(19)20-3)17-14(18)11-6-4-5-7-12(11)16/h4-8,13H,9H2,1-3H3,(H,17,18)/t13-/m1/s1. The van der Waals surface area contributed by atoms with Gasteiger partial charge in [0.1, 0.15) is 11.9 Å². The van der Waals surface area contributed by atoms with Crippen LogP contribution in [0, 0.1) is 5.82 Å². The first-order chi connectivity index (χ1) is 9.45. The van der Waals surface area contributed by atoms with Crippen molar-refractivity contribution in [3.63, 3.8) is 0 Å². The summed E-state index contributed by atoms with van der Waals surface area (Å²) in [5.41, 5.74) is 0.914. The first kappa shape index (κ1) is 15.9. The molecule has 4 nitrogen and oxygen atoms in total. The minimum atomic E-state index is -0.831. The molecule has 1 rings (SSSR count). The maximum absolute atomic E-state index is 13.5. The summed E-state index contributed by atoms with van der Waals surface area (Å²) in [6.45, 7) is 3.76. The molecule has 20 heavy (non-hydrogen) atoms. The molecule has 1 amide bonds. The van der Waals surface area contributed by atoms with Crippen LogP contribution < -0.4 is 5.32 Å². The molecule has 0 aliphatic carbocycles. The van der Waals surface area contributed by atoms with Crippen molar-refractivity contribution >= 4 is 11.9 Å². The lowest BCUT2D eigenvalue weighted by molar-refractivity contribution is -0.142. The molecule has 1 N–H and O–H groups in total. The second kappa shape index (κ2) is 7.43. The number of amides is 1. The van der Waals surface area contributed by atoms with E-state index in [2.05, 4.69) is 10.1 Å². The van der Waals surface area contributed by atoms with Crippen LogP contribution in [-0.4, -0.2) is 25.0 Å². The fraction of sp³-hybridized carbons (Fsp3) is 0.333. The molecular weight excluding hydrogens is 261 g/mol. The second-order valence-corrected chi connectivity index (χ2v) is 4.55. The molecule has 0 spiro atoms. The second-order valence-electron chi connectivity index (χ2n) is 4.55. The number of rotatable bonds is 5. The van der Waals surface area contributed by atoms with Crippen LogP contribution in [0.2, 0.25) is 0 Å². The van der Waals surface area contributed by atoms with Crippen LogP contribution in [0.1, 0.15) is 30.6 Å². The van der Waals surface area contributed by atoms with E-state index >= 15 is 0 Å². The van der Waals surface area contributed by atoms with E-state index in [-0.39, 0.29) is 5.56 Å². The third-order valence-corrected chi connectivity index (χ3v) is 2.67. The van der Waals surface area contributed by atoms with Crippen molar-refractivity contribution in [1.82, 2.24) is 5.32 Å². The van der Waals surface area contributed by atoms with Gasteiger partial charge >= 0.3 is 5.97 Å². The van der Waals surface area contributed by atoms with Crippen LogP contribution in [0.5, 0.6) is 0 Å². The molecule has 0 saturated carbocycles. The lowest BCUT2D eigenvalue weighted by atomic mass is 10.1. The van der Waals surface area contributed by atoms with Gasteiger partial charge in [0.2, 0.25) is 0 Å². The van der Waals surface area contributed by atoms with Crippen molar-refractivity contribution in [2.45, 2.75) is 26.3 Å². The van der Waals surface area contributed by atoms with Gasteiger partial charge in [-0.25, -0.2) is 9.18 Å². The molecule has 1 aromatic rings. The highest BCUT2D eigenvalue weighted by atomic mass is 19.1. The molecule has 1 aromatic carbocycles. The number of halogens is 1. The number of methoxy groups -OCH3 is 1. The summed E-state index contributed by atoms with van der Waals surface area (Å²) in [6.07, 6.45) is 2.11. The molecule has 0 fully saturated rings. The number of esters is 1. The zero-order valence-electron chi connectivity index (χ0n) is 11.8. The Labute approximate surface area is 117 Å². The molecule has 0 unspecified atom stereocenters. The fourth-order valence-corrected chi connectivity index (χ4v) is 1.59. The summed E-state index contributed by atoms with van der Waals surface area (Å²) in [4.78, 5) is 23.6. The molecule has 1 atom stereocenters. The van der Waals surface area contributed by atoms with Gasteiger partial charge in [-0.05, 0) is 32.4 Å². The zero-order chi connectivity index (χ0) is 15.1. The number of benzene rings is 1. The maximum Gasteiger partial charge on any atom is 0.328 e. The number of ether oxygens (including phenoxy) is 1. The van der Waals surface area contributed by atoms with Crippen molar-refractivity contribution in [3.05, 3.63) is 47.3 Å². The van der Waals surface area contributed by atoms with E-state index in [0.29, 0.717) is 6.42 Å². The van der Waals surface area contributed by atoms with E-state index in [1.807, 2.05) is 19.9 Å². The Kier molecular flexibility index (Phi) is 5.90. The highest BCUT2D eigenvalue weighted by molar-refractivity contribution is 5.97. The van der Waals surface area contributed by atoms with Crippen molar-refractivity contribution in [1.29, 1.82) is 0 Å². The topological polar surface area (TPSA) is 55.4 Å². The van der Waals surface area contributed by atoms with Crippen LogP contribution in [0.15, 0.2) is 35.9 Å². The number of hydrogen-bond acceptors (Lipinski definition) is 3. The van der Waals surface area contributed by atoms with Crippen molar-refractivity contribution in [2.24, 2.45) is 0 Å². The average Bonchev–Trinajstić information content (AvgIpc) is 2.42. The predicted octanol–water partition coefficient (Wildman–Crippen LogP) is 2.45. The number of carbonyl (C=O) groups is 2. The fourth-order valence-electron chi connectivity index (χ4n) is 1.59.